The van der Waals surface area contributed by atoms with E-state index in [1.165, 1.54) is 0 Å². The molecule has 0 aliphatic carbocycles. The lowest BCUT2D eigenvalue weighted by Gasteiger charge is -1.99. The first-order valence-electron chi connectivity index (χ1n) is 4.43. The second kappa shape index (κ2) is 4.72. The highest BCUT2D eigenvalue weighted by Crippen LogP contribution is 2.19. The summed E-state index contributed by atoms with van der Waals surface area (Å²) in [5.74, 6) is -0.875. The number of nitrogens with zero attached hydrogens (tertiary/aromatic N) is 2. The first-order valence-corrected chi connectivity index (χ1v) is 4.81. The van der Waals surface area contributed by atoms with Crippen LogP contribution >= 0.6 is 24.0 Å². The summed E-state index contributed by atoms with van der Waals surface area (Å²) in [6, 6.07) is 3.50. The van der Waals surface area contributed by atoms with Crippen LogP contribution in [0.2, 0.25) is 5.02 Å². The van der Waals surface area contributed by atoms with Gasteiger partial charge in [-0.25, -0.2) is 4.98 Å². The van der Waals surface area contributed by atoms with Crippen molar-refractivity contribution in [3.05, 3.63) is 34.7 Å². The number of pyridine rings is 1. The third-order valence-electron chi connectivity index (χ3n) is 2.22. The van der Waals surface area contributed by atoms with Gasteiger partial charge in [-0.05, 0) is 19.1 Å². The molecule has 0 saturated carbocycles. The Kier molecular flexibility index (Phi) is 3.78. The number of aliphatic carboxylic acids is 1. The van der Waals surface area contributed by atoms with E-state index in [0.717, 1.165) is 0 Å². The number of imidazole rings is 1. The van der Waals surface area contributed by atoms with Crippen LogP contribution in [0.5, 0.6) is 0 Å². The quantitative estimate of drug-likeness (QED) is 0.902. The maximum Gasteiger partial charge on any atom is 0.309 e. The predicted molar refractivity (Wildman–Crippen MR) is 63.5 cm³/mol. The van der Waals surface area contributed by atoms with E-state index in [2.05, 4.69) is 4.98 Å². The van der Waals surface area contributed by atoms with Gasteiger partial charge in [0.1, 0.15) is 0 Å². The first kappa shape index (κ1) is 12.8. The fraction of sp³-hybridized carbons (Fsp3) is 0.200. The zero-order chi connectivity index (χ0) is 11.0. The molecule has 2 rings (SSSR count). The van der Waals surface area contributed by atoms with Crippen LogP contribution in [-0.4, -0.2) is 20.5 Å². The average molecular weight is 261 g/mol. The smallest absolute Gasteiger partial charge is 0.309 e. The molecule has 0 fully saturated rings. The largest absolute Gasteiger partial charge is 0.481 e. The molecule has 1 N–H and O–H groups in total. The van der Waals surface area contributed by atoms with Crippen LogP contribution < -0.4 is 0 Å². The number of carbonyl (C=O) groups is 1. The zero-order valence-corrected chi connectivity index (χ0v) is 10.0. The van der Waals surface area contributed by atoms with Crippen molar-refractivity contribution >= 4 is 35.6 Å². The Morgan fingerprint density at radius 3 is 2.94 bits per heavy atom. The van der Waals surface area contributed by atoms with Gasteiger partial charge in [-0.1, -0.05) is 11.6 Å². The van der Waals surface area contributed by atoms with Crippen molar-refractivity contribution in [1.29, 1.82) is 0 Å². The summed E-state index contributed by atoms with van der Waals surface area (Å²) in [5.41, 5.74) is 1.97. The summed E-state index contributed by atoms with van der Waals surface area (Å²) >= 11 is 5.95. The number of aromatic nitrogens is 2. The van der Waals surface area contributed by atoms with Crippen molar-refractivity contribution in [3.8, 4) is 0 Å². The van der Waals surface area contributed by atoms with Crippen LogP contribution in [0, 0.1) is 6.92 Å². The van der Waals surface area contributed by atoms with E-state index in [-0.39, 0.29) is 18.8 Å². The minimum Gasteiger partial charge on any atom is -0.481 e. The summed E-state index contributed by atoms with van der Waals surface area (Å²) in [7, 11) is 0. The highest BCUT2D eigenvalue weighted by molar-refractivity contribution is 6.33. The van der Waals surface area contributed by atoms with E-state index in [1.54, 1.807) is 29.7 Å². The maximum atomic E-state index is 10.7. The topological polar surface area (TPSA) is 54.6 Å². The minimum absolute atomic E-state index is 0. The van der Waals surface area contributed by atoms with Crippen molar-refractivity contribution in [3.63, 3.8) is 0 Å². The van der Waals surface area contributed by atoms with Crippen molar-refractivity contribution in [2.45, 2.75) is 13.3 Å². The van der Waals surface area contributed by atoms with Crippen molar-refractivity contribution in [1.82, 2.24) is 9.38 Å². The van der Waals surface area contributed by atoms with Crippen LogP contribution in [0.25, 0.3) is 5.65 Å². The van der Waals surface area contributed by atoms with E-state index in [9.17, 15) is 4.79 Å². The molecule has 2 aromatic rings. The molecule has 2 heterocycles. The average Bonchev–Trinajstić information content (AvgIpc) is 2.45. The zero-order valence-electron chi connectivity index (χ0n) is 8.48. The van der Waals surface area contributed by atoms with Gasteiger partial charge in [-0.3, -0.25) is 4.79 Å². The summed E-state index contributed by atoms with van der Waals surface area (Å²) in [6.07, 6.45) is 1.72. The summed E-state index contributed by atoms with van der Waals surface area (Å²) in [5, 5.41) is 9.29. The molecule has 0 aromatic carbocycles. The van der Waals surface area contributed by atoms with Gasteiger partial charge in [0.2, 0.25) is 0 Å². The van der Waals surface area contributed by atoms with Gasteiger partial charge >= 0.3 is 5.97 Å². The molecule has 0 aliphatic rings. The first-order chi connectivity index (χ1) is 7.09. The number of hydrogen-bond donors (Lipinski definition) is 1. The Morgan fingerprint density at radius 1 is 1.62 bits per heavy atom. The second-order valence-corrected chi connectivity index (χ2v) is 3.67. The van der Waals surface area contributed by atoms with Crippen molar-refractivity contribution < 1.29 is 9.90 Å². The highest BCUT2D eigenvalue weighted by Gasteiger charge is 2.13. The van der Waals surface area contributed by atoms with Crippen LogP contribution in [-0.2, 0) is 11.2 Å². The molecule has 16 heavy (non-hydrogen) atoms. The third kappa shape index (κ3) is 2.13. The molecular formula is C10H10Cl2N2O2. The Bertz CT molecular complexity index is 537. The van der Waals surface area contributed by atoms with Crippen LogP contribution in [0.3, 0.4) is 0 Å². The molecule has 0 bridgehead atoms. The number of fused-ring (bicyclic) bond motifs is 1. The SMILES string of the molecule is Cc1nc2c(Cl)cccn2c1CC(=O)O.Cl. The molecule has 0 aliphatic heterocycles. The maximum absolute atomic E-state index is 10.7. The summed E-state index contributed by atoms with van der Waals surface area (Å²) in [4.78, 5) is 14.9. The number of rotatable bonds is 2. The summed E-state index contributed by atoms with van der Waals surface area (Å²) < 4.78 is 1.71. The van der Waals surface area contributed by atoms with Gasteiger partial charge in [0.05, 0.1) is 22.8 Å². The Labute approximate surface area is 103 Å². The lowest BCUT2D eigenvalue weighted by atomic mass is 10.2. The highest BCUT2D eigenvalue weighted by atomic mass is 35.5. The van der Waals surface area contributed by atoms with Crippen LogP contribution in [0.15, 0.2) is 18.3 Å². The molecular weight excluding hydrogens is 251 g/mol. The number of carboxylic acids is 1. The molecule has 86 valence electrons. The Morgan fingerprint density at radius 2 is 2.31 bits per heavy atom. The Hall–Kier alpha value is -1.26. The molecule has 0 radical (unpaired) electrons. The molecule has 0 unspecified atom stereocenters. The van der Waals surface area contributed by atoms with Crippen LogP contribution in [0.4, 0.5) is 0 Å². The number of carboxylic acid groups (broad SMARTS) is 1. The van der Waals surface area contributed by atoms with E-state index in [1.807, 2.05) is 0 Å². The molecule has 0 amide bonds. The second-order valence-electron chi connectivity index (χ2n) is 3.26. The monoisotopic (exact) mass is 260 g/mol. The van der Waals surface area contributed by atoms with E-state index in [0.29, 0.717) is 22.1 Å². The minimum atomic E-state index is -0.875. The third-order valence-corrected chi connectivity index (χ3v) is 2.52. The summed E-state index contributed by atoms with van der Waals surface area (Å²) in [6.45, 7) is 1.78. The van der Waals surface area contributed by atoms with Gasteiger partial charge in [-0.2, -0.15) is 0 Å². The molecule has 0 atom stereocenters. The molecule has 0 spiro atoms. The number of hydrogen-bond acceptors (Lipinski definition) is 2. The van der Waals surface area contributed by atoms with Gasteiger partial charge < -0.3 is 9.51 Å². The van der Waals surface area contributed by atoms with Crippen molar-refractivity contribution in [2.75, 3.05) is 0 Å². The van der Waals surface area contributed by atoms with Gasteiger partial charge in [0.25, 0.3) is 0 Å². The van der Waals surface area contributed by atoms with Gasteiger partial charge in [-0.15, -0.1) is 12.4 Å². The lowest BCUT2D eigenvalue weighted by Crippen LogP contribution is -2.04. The fourth-order valence-corrected chi connectivity index (χ4v) is 1.76. The Balaban J connectivity index is 0.00000128. The predicted octanol–water partition coefficient (Wildman–Crippen LogP) is 2.35. The molecule has 4 nitrogen and oxygen atoms in total. The van der Waals surface area contributed by atoms with E-state index in [4.69, 9.17) is 16.7 Å². The normalized spacial score (nSPS) is 10.1. The van der Waals surface area contributed by atoms with E-state index < -0.39 is 5.97 Å². The van der Waals surface area contributed by atoms with Gasteiger partial charge in [0, 0.05) is 6.20 Å². The fourth-order valence-electron chi connectivity index (χ4n) is 1.55. The lowest BCUT2D eigenvalue weighted by molar-refractivity contribution is -0.136. The number of halogens is 2. The van der Waals surface area contributed by atoms with Crippen molar-refractivity contribution in [2.24, 2.45) is 0 Å². The van der Waals surface area contributed by atoms with Crippen LogP contribution in [0.1, 0.15) is 11.4 Å². The molecule has 2 aromatic heterocycles. The standard InChI is InChI=1S/C10H9ClN2O2.ClH/c1-6-8(5-9(14)15)13-4-2-3-7(11)10(13)12-6;/h2-4H,5H2,1H3,(H,14,15);1H. The van der Waals surface area contributed by atoms with Gasteiger partial charge in [0.15, 0.2) is 5.65 Å². The molecule has 6 heteroatoms. The number of aryl methyl sites for hydroxylation is 1. The van der Waals surface area contributed by atoms with E-state index >= 15 is 0 Å². The molecule has 0 saturated heterocycles.